The number of amides is 2. The second-order valence-electron chi connectivity index (χ2n) is 8.22. The standard InChI is InChI=1S/C24H24N4O5S/c1-24(28(31)32)12-5-9-18(11-13-24)19-16-34-22(25-19)26-21(29)20-10-6-14-27(20)23(30)33-15-17-7-3-2-4-8-17/h2-5,7-9,11-13,16,20H,6,10,14-15H2,1H3,(H,25,26,29)/t20-,24?/m0/s1. The molecular formula is C24H24N4O5S. The van der Waals surface area contributed by atoms with Crippen LogP contribution in [0.3, 0.4) is 0 Å². The highest BCUT2D eigenvalue weighted by Crippen LogP contribution is 2.27. The van der Waals surface area contributed by atoms with Gasteiger partial charge in [0.1, 0.15) is 12.6 Å². The first kappa shape index (κ1) is 23.4. The molecule has 1 N–H and O–H groups in total. The Balaban J connectivity index is 1.37. The van der Waals surface area contributed by atoms with Gasteiger partial charge in [-0.3, -0.25) is 19.8 Å². The Labute approximate surface area is 200 Å². The molecule has 1 saturated heterocycles. The summed E-state index contributed by atoms with van der Waals surface area (Å²) in [6, 6.07) is 8.74. The van der Waals surface area contributed by atoms with Crippen molar-refractivity contribution < 1.29 is 19.2 Å². The van der Waals surface area contributed by atoms with Crippen LogP contribution in [-0.4, -0.2) is 44.9 Å². The van der Waals surface area contributed by atoms with Gasteiger partial charge in [0, 0.05) is 29.3 Å². The van der Waals surface area contributed by atoms with Gasteiger partial charge in [-0.2, -0.15) is 0 Å². The molecule has 1 fully saturated rings. The molecule has 1 unspecified atom stereocenters. The molecule has 2 aliphatic rings. The van der Waals surface area contributed by atoms with Crippen molar-refractivity contribution in [2.75, 3.05) is 11.9 Å². The van der Waals surface area contributed by atoms with Crippen LogP contribution in [0.5, 0.6) is 0 Å². The number of hydrogen-bond donors (Lipinski definition) is 1. The summed E-state index contributed by atoms with van der Waals surface area (Å²) >= 11 is 1.25. The molecule has 0 bridgehead atoms. The average Bonchev–Trinajstić information content (AvgIpc) is 3.46. The van der Waals surface area contributed by atoms with E-state index in [1.54, 1.807) is 23.6 Å². The van der Waals surface area contributed by atoms with Gasteiger partial charge < -0.3 is 10.1 Å². The van der Waals surface area contributed by atoms with Gasteiger partial charge in [0.25, 0.3) is 5.54 Å². The minimum atomic E-state index is -1.29. The van der Waals surface area contributed by atoms with Gasteiger partial charge in [-0.15, -0.1) is 11.3 Å². The number of hydrogen-bond acceptors (Lipinski definition) is 7. The molecule has 34 heavy (non-hydrogen) atoms. The van der Waals surface area contributed by atoms with Crippen molar-refractivity contribution >= 4 is 34.0 Å². The van der Waals surface area contributed by atoms with Gasteiger partial charge in [-0.25, -0.2) is 9.78 Å². The van der Waals surface area contributed by atoms with E-state index in [0.29, 0.717) is 35.8 Å². The summed E-state index contributed by atoms with van der Waals surface area (Å²) in [4.78, 5) is 42.3. The van der Waals surface area contributed by atoms with E-state index in [4.69, 9.17) is 4.74 Å². The van der Waals surface area contributed by atoms with Crippen LogP contribution < -0.4 is 5.32 Å². The van der Waals surface area contributed by atoms with Crippen molar-refractivity contribution in [2.45, 2.75) is 38.0 Å². The van der Waals surface area contributed by atoms with E-state index in [9.17, 15) is 19.7 Å². The molecule has 0 saturated carbocycles. The van der Waals surface area contributed by atoms with Gasteiger partial charge in [-0.1, -0.05) is 42.5 Å². The van der Waals surface area contributed by atoms with Crippen LogP contribution >= 0.6 is 11.3 Å². The maximum atomic E-state index is 12.9. The Morgan fingerprint density at radius 1 is 1.32 bits per heavy atom. The van der Waals surface area contributed by atoms with Crippen molar-refractivity contribution in [1.29, 1.82) is 0 Å². The fourth-order valence-electron chi connectivity index (χ4n) is 3.72. The SMILES string of the molecule is CC1([N+](=O)[O-])C=CC=C(c2csc(NC(=O)[C@@H]3CCCN3C(=O)OCc3ccccc3)n2)C=C1. The van der Waals surface area contributed by atoms with Crippen LogP contribution in [0, 0.1) is 10.1 Å². The lowest BCUT2D eigenvalue weighted by molar-refractivity contribution is -0.535. The monoisotopic (exact) mass is 480 g/mol. The third-order valence-electron chi connectivity index (χ3n) is 5.73. The highest BCUT2D eigenvalue weighted by molar-refractivity contribution is 7.14. The number of likely N-dealkylation sites (tertiary alicyclic amines) is 1. The fourth-order valence-corrected chi connectivity index (χ4v) is 4.44. The Morgan fingerprint density at radius 3 is 2.88 bits per heavy atom. The number of nitrogens with zero attached hydrogens (tertiary/aromatic N) is 3. The molecule has 1 aromatic carbocycles. The number of allylic oxidation sites excluding steroid dienone is 4. The number of rotatable bonds is 6. The number of carbonyl (C=O) groups excluding carboxylic acids is 2. The van der Waals surface area contributed by atoms with Gasteiger partial charge in [0.05, 0.1) is 5.69 Å². The Morgan fingerprint density at radius 2 is 2.12 bits per heavy atom. The lowest BCUT2D eigenvalue weighted by Gasteiger charge is -2.22. The Bertz CT molecular complexity index is 1170. The van der Waals surface area contributed by atoms with Crippen molar-refractivity contribution in [3.63, 3.8) is 0 Å². The highest BCUT2D eigenvalue weighted by atomic mass is 32.1. The van der Waals surface area contributed by atoms with Crippen LogP contribution in [0.15, 0.2) is 66.1 Å². The normalized spacial score (nSPS) is 21.6. The minimum Gasteiger partial charge on any atom is -0.445 e. The molecule has 2 amide bonds. The molecule has 0 radical (unpaired) electrons. The summed E-state index contributed by atoms with van der Waals surface area (Å²) < 4.78 is 5.40. The van der Waals surface area contributed by atoms with Crippen LogP contribution in [-0.2, 0) is 16.1 Å². The number of benzene rings is 1. The largest absolute Gasteiger partial charge is 0.445 e. The summed E-state index contributed by atoms with van der Waals surface area (Å²) in [5, 5.41) is 16.3. The maximum Gasteiger partial charge on any atom is 0.410 e. The molecular weight excluding hydrogens is 456 g/mol. The van der Waals surface area contributed by atoms with E-state index in [2.05, 4.69) is 10.3 Å². The lowest BCUT2D eigenvalue weighted by atomic mass is 10.0. The first-order valence-electron chi connectivity index (χ1n) is 10.8. The smallest absolute Gasteiger partial charge is 0.410 e. The van der Waals surface area contributed by atoms with E-state index in [1.165, 1.54) is 35.3 Å². The molecule has 1 aliphatic carbocycles. The van der Waals surface area contributed by atoms with E-state index >= 15 is 0 Å². The zero-order valence-corrected chi connectivity index (χ0v) is 19.4. The molecule has 0 spiro atoms. The zero-order chi connectivity index (χ0) is 24.1. The van der Waals surface area contributed by atoms with E-state index in [1.807, 2.05) is 30.3 Å². The second-order valence-corrected chi connectivity index (χ2v) is 9.07. The predicted octanol–water partition coefficient (Wildman–Crippen LogP) is 4.43. The van der Waals surface area contributed by atoms with Gasteiger partial charge >= 0.3 is 6.09 Å². The molecule has 1 aromatic heterocycles. The predicted molar refractivity (Wildman–Crippen MR) is 129 cm³/mol. The number of aromatic nitrogens is 1. The summed E-state index contributed by atoms with van der Waals surface area (Å²) in [5.41, 5.74) is 0.887. The van der Waals surface area contributed by atoms with Crippen LogP contribution in [0.1, 0.15) is 31.0 Å². The summed E-state index contributed by atoms with van der Waals surface area (Å²) in [6.45, 7) is 2.11. The Hall–Kier alpha value is -3.79. The van der Waals surface area contributed by atoms with Crippen molar-refractivity contribution in [3.8, 4) is 0 Å². The van der Waals surface area contributed by atoms with Crippen molar-refractivity contribution in [1.82, 2.24) is 9.88 Å². The molecule has 4 rings (SSSR count). The summed E-state index contributed by atoms with van der Waals surface area (Å²) in [5.74, 6) is -0.318. The number of nitrogens with one attached hydrogen (secondary N) is 1. The molecule has 2 aromatic rings. The van der Waals surface area contributed by atoms with E-state index in [0.717, 1.165) is 5.56 Å². The van der Waals surface area contributed by atoms with Gasteiger partial charge in [0.15, 0.2) is 5.13 Å². The number of carbonyl (C=O) groups is 2. The number of ether oxygens (including phenoxy) is 1. The molecule has 1 aliphatic heterocycles. The topological polar surface area (TPSA) is 115 Å². The van der Waals surface area contributed by atoms with Crippen LogP contribution in [0.25, 0.3) is 5.57 Å². The summed E-state index contributed by atoms with van der Waals surface area (Å²) in [6.07, 6.45) is 8.79. The molecule has 10 heteroatoms. The molecule has 2 atom stereocenters. The molecule has 176 valence electrons. The van der Waals surface area contributed by atoms with E-state index < -0.39 is 17.7 Å². The van der Waals surface area contributed by atoms with E-state index in [-0.39, 0.29) is 17.4 Å². The first-order chi connectivity index (χ1) is 16.4. The molecule has 2 heterocycles. The second kappa shape index (κ2) is 10.0. The number of thiazole rings is 1. The lowest BCUT2D eigenvalue weighted by Crippen LogP contribution is -2.43. The summed E-state index contributed by atoms with van der Waals surface area (Å²) in [7, 11) is 0. The maximum absolute atomic E-state index is 12.9. The number of anilines is 1. The van der Waals surface area contributed by atoms with Crippen LogP contribution in [0.2, 0.25) is 0 Å². The fraction of sp³-hybridized carbons (Fsp3) is 0.292. The quantitative estimate of drug-likeness (QED) is 0.483. The van der Waals surface area contributed by atoms with Crippen LogP contribution in [0.4, 0.5) is 9.93 Å². The van der Waals surface area contributed by atoms with Crippen molar-refractivity contribution in [3.05, 3.63) is 87.5 Å². The third-order valence-corrected chi connectivity index (χ3v) is 6.49. The average molecular weight is 481 g/mol. The highest BCUT2D eigenvalue weighted by Gasteiger charge is 2.35. The van der Waals surface area contributed by atoms with Crippen molar-refractivity contribution in [2.24, 2.45) is 0 Å². The zero-order valence-electron chi connectivity index (χ0n) is 18.5. The molecule has 9 nitrogen and oxygen atoms in total. The number of nitro groups is 1. The minimum absolute atomic E-state index is 0.146. The van der Waals surface area contributed by atoms with Gasteiger partial charge in [0.2, 0.25) is 5.91 Å². The van der Waals surface area contributed by atoms with Gasteiger partial charge in [-0.05, 0) is 36.6 Å². The Kier molecular flexibility index (Phi) is 6.87. The first-order valence-corrected chi connectivity index (χ1v) is 11.7. The third kappa shape index (κ3) is 5.23.